The van der Waals surface area contributed by atoms with Crippen LogP contribution in [0.1, 0.15) is 39.0 Å². The number of ketones is 1. The predicted molar refractivity (Wildman–Crippen MR) is 71.5 cm³/mol. The van der Waals surface area contributed by atoms with E-state index in [9.17, 15) is 4.79 Å². The van der Waals surface area contributed by atoms with Gasteiger partial charge < -0.3 is 4.57 Å². The molecule has 0 spiro atoms. The van der Waals surface area contributed by atoms with Crippen molar-refractivity contribution in [1.29, 1.82) is 0 Å². The number of carbonyl (C=O) groups is 1. The zero-order valence-electron chi connectivity index (χ0n) is 10.7. The summed E-state index contributed by atoms with van der Waals surface area (Å²) in [4.78, 5) is 16.9. The van der Waals surface area contributed by atoms with Crippen molar-refractivity contribution in [3.05, 3.63) is 30.6 Å². The van der Waals surface area contributed by atoms with E-state index in [2.05, 4.69) is 21.7 Å². The number of carbonyl (C=O) groups excluding carboxylic acids is 1. The molecule has 94 valence electrons. The molecular formula is C15H18N2O. The normalized spacial score (nSPS) is 18.3. The van der Waals surface area contributed by atoms with E-state index in [0.717, 1.165) is 36.7 Å². The second-order valence-electron chi connectivity index (χ2n) is 5.12. The summed E-state index contributed by atoms with van der Waals surface area (Å²) < 4.78 is 2.13. The molecular weight excluding hydrogens is 224 g/mol. The molecule has 0 aliphatic heterocycles. The average molecular weight is 242 g/mol. The fourth-order valence-corrected chi connectivity index (χ4v) is 3.25. The summed E-state index contributed by atoms with van der Waals surface area (Å²) >= 11 is 0. The summed E-state index contributed by atoms with van der Waals surface area (Å²) in [5.41, 5.74) is 0.617. The topological polar surface area (TPSA) is 34.9 Å². The van der Waals surface area contributed by atoms with Crippen LogP contribution in [-0.4, -0.2) is 15.3 Å². The van der Waals surface area contributed by atoms with Gasteiger partial charge in [-0.05, 0) is 31.0 Å². The third-order valence-electron chi connectivity index (χ3n) is 4.18. The zero-order valence-corrected chi connectivity index (χ0v) is 10.7. The third-order valence-corrected chi connectivity index (χ3v) is 4.18. The van der Waals surface area contributed by atoms with Crippen molar-refractivity contribution in [2.75, 3.05) is 0 Å². The molecule has 1 fully saturated rings. The Morgan fingerprint density at radius 2 is 2.17 bits per heavy atom. The van der Waals surface area contributed by atoms with Crippen LogP contribution in [0.25, 0.3) is 11.0 Å². The zero-order chi connectivity index (χ0) is 12.6. The van der Waals surface area contributed by atoms with Crippen LogP contribution >= 0.6 is 0 Å². The fourth-order valence-electron chi connectivity index (χ4n) is 3.25. The van der Waals surface area contributed by atoms with E-state index in [-0.39, 0.29) is 5.54 Å². The van der Waals surface area contributed by atoms with Crippen molar-refractivity contribution in [3.63, 3.8) is 0 Å². The first kappa shape index (κ1) is 11.5. The smallest absolute Gasteiger partial charge is 0.158 e. The lowest BCUT2D eigenvalue weighted by atomic mass is 9.90. The molecule has 3 rings (SSSR count). The second kappa shape index (κ2) is 4.23. The lowest BCUT2D eigenvalue weighted by molar-refractivity contribution is -0.127. The number of rotatable bonds is 3. The number of aromatic nitrogens is 2. The van der Waals surface area contributed by atoms with E-state index in [1.807, 2.05) is 19.2 Å². The summed E-state index contributed by atoms with van der Waals surface area (Å²) in [5, 5.41) is 1.12. The first-order valence-electron chi connectivity index (χ1n) is 6.74. The summed E-state index contributed by atoms with van der Waals surface area (Å²) in [6.07, 6.45) is 8.64. The molecule has 0 atom stereocenters. The van der Waals surface area contributed by atoms with Crippen LogP contribution < -0.4 is 0 Å². The highest BCUT2D eigenvalue weighted by Crippen LogP contribution is 2.40. The standard InChI is InChI=1S/C15H18N2O/c1-2-13(18)15(8-3-4-9-15)17-11-7-12-6-5-10-16-14(12)17/h5-7,10-11H,2-4,8-9H2,1H3. The molecule has 0 radical (unpaired) electrons. The molecule has 1 aliphatic rings. The van der Waals surface area contributed by atoms with Crippen molar-refractivity contribution in [2.24, 2.45) is 0 Å². The lowest BCUT2D eigenvalue weighted by Crippen LogP contribution is -2.38. The maximum atomic E-state index is 12.4. The molecule has 0 unspecified atom stereocenters. The van der Waals surface area contributed by atoms with Crippen LogP contribution in [0.2, 0.25) is 0 Å². The van der Waals surface area contributed by atoms with Crippen LogP contribution in [0.5, 0.6) is 0 Å². The SMILES string of the molecule is CCC(=O)C1(n2ccc3cccnc32)CCCC1. The van der Waals surface area contributed by atoms with Gasteiger partial charge in [0.2, 0.25) is 0 Å². The first-order chi connectivity index (χ1) is 8.78. The molecule has 2 aromatic heterocycles. The summed E-state index contributed by atoms with van der Waals surface area (Å²) in [6.45, 7) is 1.96. The van der Waals surface area contributed by atoms with Gasteiger partial charge in [-0.25, -0.2) is 4.98 Å². The van der Waals surface area contributed by atoms with Crippen LogP contribution in [0.4, 0.5) is 0 Å². The quantitative estimate of drug-likeness (QED) is 0.827. The van der Waals surface area contributed by atoms with Gasteiger partial charge in [-0.15, -0.1) is 0 Å². The summed E-state index contributed by atoms with van der Waals surface area (Å²) in [6, 6.07) is 6.05. The van der Waals surface area contributed by atoms with Crippen LogP contribution in [-0.2, 0) is 10.3 Å². The number of fused-ring (bicyclic) bond motifs is 1. The molecule has 1 saturated carbocycles. The van der Waals surface area contributed by atoms with Crippen molar-refractivity contribution < 1.29 is 4.79 Å². The van der Waals surface area contributed by atoms with Gasteiger partial charge in [-0.2, -0.15) is 0 Å². The van der Waals surface area contributed by atoms with E-state index < -0.39 is 0 Å². The molecule has 18 heavy (non-hydrogen) atoms. The van der Waals surface area contributed by atoms with E-state index >= 15 is 0 Å². The largest absolute Gasteiger partial charge is 0.319 e. The highest BCUT2D eigenvalue weighted by atomic mass is 16.1. The Bertz CT molecular complexity index is 579. The first-order valence-corrected chi connectivity index (χ1v) is 6.74. The van der Waals surface area contributed by atoms with Gasteiger partial charge in [0.15, 0.2) is 5.78 Å². The van der Waals surface area contributed by atoms with Gasteiger partial charge in [-0.3, -0.25) is 4.79 Å². The van der Waals surface area contributed by atoms with Crippen LogP contribution in [0.15, 0.2) is 30.6 Å². The Hall–Kier alpha value is -1.64. The van der Waals surface area contributed by atoms with Crippen LogP contribution in [0, 0.1) is 0 Å². The predicted octanol–water partition coefficient (Wildman–Crippen LogP) is 3.28. The molecule has 0 amide bonds. The minimum absolute atomic E-state index is 0.329. The Morgan fingerprint density at radius 3 is 2.89 bits per heavy atom. The van der Waals surface area contributed by atoms with Crippen molar-refractivity contribution in [3.8, 4) is 0 Å². The molecule has 0 N–H and O–H groups in total. The summed E-state index contributed by atoms with van der Waals surface area (Å²) in [5.74, 6) is 0.350. The van der Waals surface area contributed by atoms with Crippen molar-refractivity contribution in [1.82, 2.24) is 9.55 Å². The number of hydrogen-bond acceptors (Lipinski definition) is 2. The molecule has 1 aliphatic carbocycles. The monoisotopic (exact) mass is 242 g/mol. The average Bonchev–Trinajstić information content (AvgIpc) is 3.04. The molecule has 2 heterocycles. The Kier molecular flexibility index (Phi) is 2.69. The number of nitrogens with zero attached hydrogens (tertiary/aromatic N) is 2. The van der Waals surface area contributed by atoms with E-state index in [4.69, 9.17) is 0 Å². The van der Waals surface area contributed by atoms with Crippen LogP contribution in [0.3, 0.4) is 0 Å². The van der Waals surface area contributed by atoms with Crippen molar-refractivity contribution in [2.45, 2.75) is 44.6 Å². The molecule has 3 nitrogen and oxygen atoms in total. The Labute approximate surface area is 107 Å². The van der Waals surface area contributed by atoms with E-state index in [1.165, 1.54) is 0 Å². The lowest BCUT2D eigenvalue weighted by Gasteiger charge is -2.29. The van der Waals surface area contributed by atoms with E-state index in [1.54, 1.807) is 6.20 Å². The maximum absolute atomic E-state index is 12.4. The number of hydrogen-bond donors (Lipinski definition) is 0. The van der Waals surface area contributed by atoms with Gasteiger partial charge in [0.05, 0.1) is 0 Å². The van der Waals surface area contributed by atoms with Gasteiger partial charge in [0.25, 0.3) is 0 Å². The fraction of sp³-hybridized carbons (Fsp3) is 0.467. The number of pyridine rings is 1. The molecule has 0 aromatic carbocycles. The van der Waals surface area contributed by atoms with Gasteiger partial charge in [0.1, 0.15) is 11.2 Å². The third kappa shape index (κ3) is 1.50. The van der Waals surface area contributed by atoms with Gasteiger partial charge in [0, 0.05) is 24.2 Å². The highest BCUT2D eigenvalue weighted by molar-refractivity contribution is 5.89. The highest BCUT2D eigenvalue weighted by Gasteiger charge is 2.42. The van der Waals surface area contributed by atoms with E-state index in [0.29, 0.717) is 12.2 Å². The molecule has 3 heteroatoms. The number of Topliss-reactive ketones (excluding diaryl/α,β-unsaturated/α-hetero) is 1. The molecule has 2 aromatic rings. The maximum Gasteiger partial charge on any atom is 0.158 e. The Balaban J connectivity index is 2.19. The molecule has 0 saturated heterocycles. The summed E-state index contributed by atoms with van der Waals surface area (Å²) in [7, 11) is 0. The minimum atomic E-state index is -0.329. The van der Waals surface area contributed by atoms with Gasteiger partial charge >= 0.3 is 0 Å². The molecule has 0 bridgehead atoms. The minimum Gasteiger partial charge on any atom is -0.319 e. The second-order valence-corrected chi connectivity index (χ2v) is 5.12. The Morgan fingerprint density at radius 1 is 1.39 bits per heavy atom. The van der Waals surface area contributed by atoms with Gasteiger partial charge in [-0.1, -0.05) is 19.8 Å². The van der Waals surface area contributed by atoms with Crippen molar-refractivity contribution >= 4 is 16.8 Å².